The van der Waals surface area contributed by atoms with Gasteiger partial charge in [0.15, 0.2) is 5.11 Å². The lowest BCUT2D eigenvalue weighted by Gasteiger charge is -2.07. The summed E-state index contributed by atoms with van der Waals surface area (Å²) in [6, 6.07) is 19.2. The summed E-state index contributed by atoms with van der Waals surface area (Å²) in [5, 5.41) is 6.13. The molecular formula is C17H14N3OS. The number of nitrogens with zero attached hydrogens (tertiary/aromatic N) is 1. The minimum Gasteiger partial charge on any atom is -0.352 e. The van der Waals surface area contributed by atoms with Gasteiger partial charge in [-0.15, -0.1) is 0 Å². The van der Waals surface area contributed by atoms with Crippen LogP contribution in [0.25, 0.3) is 11.1 Å². The topological polar surface area (TPSA) is 49.8 Å². The monoisotopic (exact) mass is 308 g/mol. The van der Waals surface area contributed by atoms with Gasteiger partial charge in [0, 0.05) is 6.20 Å². The molecule has 4 nitrogen and oxygen atoms in total. The van der Waals surface area contributed by atoms with Crippen molar-refractivity contribution < 1.29 is 0 Å². The van der Waals surface area contributed by atoms with E-state index in [4.69, 9.17) is 12.2 Å². The molecule has 0 saturated carbocycles. The molecule has 0 aliphatic rings. The third kappa shape index (κ3) is 3.15. The molecule has 0 unspecified atom stereocenters. The van der Waals surface area contributed by atoms with Crippen LogP contribution >= 0.6 is 12.2 Å². The lowest BCUT2D eigenvalue weighted by molar-refractivity contribution is 0.887. The number of H-pyrrole nitrogens is 1. The average molecular weight is 308 g/mol. The van der Waals surface area contributed by atoms with Crippen LogP contribution in [0.2, 0.25) is 0 Å². The van der Waals surface area contributed by atoms with Crippen molar-refractivity contribution in [2.24, 2.45) is 0 Å². The van der Waals surface area contributed by atoms with E-state index in [1.807, 2.05) is 60.7 Å². The average Bonchev–Trinajstić information content (AvgIpc) is 2.96. The zero-order valence-electron chi connectivity index (χ0n) is 11.7. The van der Waals surface area contributed by atoms with Crippen molar-refractivity contribution in [3.8, 4) is 11.1 Å². The highest BCUT2D eigenvalue weighted by Crippen LogP contribution is 2.13. The van der Waals surface area contributed by atoms with Crippen LogP contribution in [0.5, 0.6) is 0 Å². The zero-order valence-corrected chi connectivity index (χ0v) is 12.5. The fourth-order valence-corrected chi connectivity index (χ4v) is 2.24. The highest BCUT2D eigenvalue weighted by Gasteiger charge is 2.09. The summed E-state index contributed by atoms with van der Waals surface area (Å²) in [7, 11) is 0. The van der Waals surface area contributed by atoms with Crippen molar-refractivity contribution >= 4 is 17.3 Å². The van der Waals surface area contributed by atoms with E-state index in [1.54, 1.807) is 12.7 Å². The van der Waals surface area contributed by atoms with Gasteiger partial charge in [0.2, 0.25) is 0 Å². The van der Waals surface area contributed by atoms with Gasteiger partial charge in [-0.3, -0.25) is 9.89 Å². The SMILES string of the molecule is O=c1[nH]n(C(=S)N[CH]c2ccccc2)cc1-c1ccccc1. The Labute approximate surface area is 133 Å². The molecule has 2 N–H and O–H groups in total. The maximum absolute atomic E-state index is 12.0. The zero-order chi connectivity index (χ0) is 15.4. The van der Waals surface area contributed by atoms with Crippen LogP contribution in [-0.4, -0.2) is 14.9 Å². The summed E-state index contributed by atoms with van der Waals surface area (Å²) in [6.45, 7) is 1.79. The number of aromatic nitrogens is 2. The Bertz CT molecular complexity index is 822. The van der Waals surface area contributed by atoms with E-state index in [2.05, 4.69) is 10.4 Å². The Morgan fingerprint density at radius 1 is 1.05 bits per heavy atom. The van der Waals surface area contributed by atoms with Crippen molar-refractivity contribution in [3.05, 3.63) is 89.3 Å². The fraction of sp³-hybridized carbons (Fsp3) is 0. The first-order valence-electron chi connectivity index (χ1n) is 6.80. The van der Waals surface area contributed by atoms with Gasteiger partial charge >= 0.3 is 0 Å². The second-order valence-corrected chi connectivity index (χ2v) is 5.11. The quantitative estimate of drug-likeness (QED) is 0.732. The van der Waals surface area contributed by atoms with Crippen LogP contribution in [0.4, 0.5) is 0 Å². The third-order valence-corrected chi connectivity index (χ3v) is 3.50. The molecule has 22 heavy (non-hydrogen) atoms. The van der Waals surface area contributed by atoms with Gasteiger partial charge in [-0.25, -0.2) is 4.68 Å². The first-order chi connectivity index (χ1) is 10.7. The molecule has 0 atom stereocenters. The van der Waals surface area contributed by atoms with Crippen LogP contribution in [-0.2, 0) is 0 Å². The smallest absolute Gasteiger partial charge is 0.272 e. The van der Waals surface area contributed by atoms with E-state index in [0.717, 1.165) is 11.1 Å². The Hall–Kier alpha value is -2.66. The molecule has 3 rings (SSSR count). The number of aromatic amines is 1. The first kappa shape index (κ1) is 14.3. The summed E-state index contributed by atoms with van der Waals surface area (Å²) in [5.41, 5.74) is 2.28. The molecule has 1 radical (unpaired) electrons. The standard InChI is InChI=1S/C17H14N3OS/c21-16-15(14-9-5-2-6-10-14)12-20(19-16)17(22)18-11-13-7-3-1-4-8-13/h1-12H,(H,18,22)(H,19,21). The molecule has 1 heterocycles. The third-order valence-electron chi connectivity index (χ3n) is 3.19. The minimum atomic E-state index is -0.171. The fourth-order valence-electron chi connectivity index (χ4n) is 2.09. The molecule has 5 heteroatoms. The summed E-state index contributed by atoms with van der Waals surface area (Å²) < 4.78 is 1.51. The lowest BCUT2D eigenvalue weighted by atomic mass is 10.1. The molecular weight excluding hydrogens is 294 g/mol. The van der Waals surface area contributed by atoms with Crippen LogP contribution in [0.15, 0.2) is 71.7 Å². The molecule has 0 saturated heterocycles. The number of thiocarbonyl (C=S) groups is 1. The van der Waals surface area contributed by atoms with E-state index in [1.165, 1.54) is 4.68 Å². The molecule has 0 aliphatic heterocycles. The van der Waals surface area contributed by atoms with Gasteiger partial charge < -0.3 is 5.32 Å². The first-order valence-corrected chi connectivity index (χ1v) is 7.21. The predicted molar refractivity (Wildman–Crippen MR) is 91.5 cm³/mol. The van der Waals surface area contributed by atoms with Gasteiger partial charge in [-0.2, -0.15) is 0 Å². The molecule has 0 bridgehead atoms. The number of hydrogen-bond donors (Lipinski definition) is 2. The number of hydrogen-bond acceptors (Lipinski definition) is 2. The number of nitrogens with one attached hydrogen (secondary N) is 2. The predicted octanol–water partition coefficient (Wildman–Crippen LogP) is 2.78. The molecule has 3 aromatic rings. The normalized spacial score (nSPS) is 10.4. The highest BCUT2D eigenvalue weighted by molar-refractivity contribution is 7.80. The van der Waals surface area contributed by atoms with Crippen molar-refractivity contribution in [1.82, 2.24) is 15.1 Å². The van der Waals surface area contributed by atoms with Gasteiger partial charge in [-0.1, -0.05) is 60.7 Å². The Balaban J connectivity index is 1.75. The highest BCUT2D eigenvalue weighted by atomic mass is 32.1. The summed E-state index contributed by atoms with van der Waals surface area (Å²) >= 11 is 5.29. The van der Waals surface area contributed by atoms with Gasteiger partial charge in [0.05, 0.1) is 12.1 Å². The summed E-state index contributed by atoms with van der Waals surface area (Å²) in [6.07, 6.45) is 1.70. The lowest BCUT2D eigenvalue weighted by Crippen LogP contribution is -2.27. The summed E-state index contributed by atoms with van der Waals surface area (Å²) in [5.74, 6) is 0. The van der Waals surface area contributed by atoms with Crippen molar-refractivity contribution in [3.63, 3.8) is 0 Å². The van der Waals surface area contributed by atoms with E-state index in [9.17, 15) is 4.79 Å². The molecule has 0 aliphatic carbocycles. The second-order valence-electron chi connectivity index (χ2n) is 4.72. The maximum atomic E-state index is 12.0. The van der Waals surface area contributed by atoms with Crippen LogP contribution < -0.4 is 10.9 Å². The van der Waals surface area contributed by atoms with Crippen LogP contribution in [0.3, 0.4) is 0 Å². The van der Waals surface area contributed by atoms with Crippen LogP contribution in [0, 0.1) is 6.54 Å². The Morgan fingerprint density at radius 3 is 2.36 bits per heavy atom. The second kappa shape index (κ2) is 6.41. The van der Waals surface area contributed by atoms with E-state index < -0.39 is 0 Å². The molecule has 0 fully saturated rings. The van der Waals surface area contributed by atoms with Gasteiger partial charge in [0.1, 0.15) is 0 Å². The van der Waals surface area contributed by atoms with Gasteiger partial charge in [0.25, 0.3) is 5.56 Å². The Kier molecular flexibility index (Phi) is 4.16. The molecule has 1 aromatic heterocycles. The molecule has 0 spiro atoms. The minimum absolute atomic E-state index is 0.171. The van der Waals surface area contributed by atoms with Crippen molar-refractivity contribution in [2.45, 2.75) is 0 Å². The Morgan fingerprint density at radius 2 is 1.68 bits per heavy atom. The number of benzene rings is 2. The largest absolute Gasteiger partial charge is 0.352 e. The van der Waals surface area contributed by atoms with Crippen molar-refractivity contribution in [1.29, 1.82) is 0 Å². The van der Waals surface area contributed by atoms with E-state index in [-0.39, 0.29) is 5.56 Å². The summed E-state index contributed by atoms with van der Waals surface area (Å²) in [4.78, 5) is 12.0. The van der Waals surface area contributed by atoms with Crippen LogP contribution in [0.1, 0.15) is 5.56 Å². The maximum Gasteiger partial charge on any atom is 0.272 e. The van der Waals surface area contributed by atoms with E-state index >= 15 is 0 Å². The molecule has 109 valence electrons. The van der Waals surface area contributed by atoms with Crippen molar-refractivity contribution in [2.75, 3.05) is 0 Å². The van der Waals surface area contributed by atoms with Gasteiger partial charge in [-0.05, 0) is 23.3 Å². The number of rotatable bonds is 3. The molecule has 0 amide bonds. The van der Waals surface area contributed by atoms with E-state index in [0.29, 0.717) is 10.7 Å². The molecule has 2 aromatic carbocycles.